The third-order valence-corrected chi connectivity index (χ3v) is 5.33. The molecule has 2 atom stereocenters. The molecule has 1 rings (SSSR count). The molecule has 0 aliphatic carbocycles. The molecule has 162 valence electrons. The zero-order chi connectivity index (χ0) is 21.6. The van der Waals surface area contributed by atoms with Crippen LogP contribution < -0.4 is 40.0 Å². The molecular formula is C21H37N2NaO5. The molecule has 0 fully saturated rings. The first-order valence-corrected chi connectivity index (χ1v) is 10.6. The van der Waals surface area contributed by atoms with Crippen LogP contribution in [0.5, 0.6) is 0 Å². The van der Waals surface area contributed by atoms with E-state index in [-0.39, 0.29) is 35.5 Å². The molecule has 0 aromatic rings. The molecule has 2 unspecified atom stereocenters. The standard InChI is InChI=1S/C11H18N2O3.C10H20O2.Na/c1-4-6-7(3)11(5-2)8(14)12-10(16)13-9(11)15;1-2-3-4-5-6-7-8-9-10(11)12;/h7H,4-6H2,1-3H3,(H2,12,13,14,15,16);2-9H2,1H3,(H,11,12);/q;;+1/p-1. The van der Waals surface area contributed by atoms with Crippen LogP contribution in [0.1, 0.15) is 98.3 Å². The van der Waals surface area contributed by atoms with E-state index in [9.17, 15) is 19.5 Å². The van der Waals surface area contributed by atoms with E-state index in [4.69, 9.17) is 5.11 Å². The number of aliphatic imine (C=N–C) groups is 1. The number of carboxylic acids is 1. The third-order valence-electron chi connectivity index (χ3n) is 5.33. The number of carbonyl (C=O) groups is 3. The summed E-state index contributed by atoms with van der Waals surface area (Å²) >= 11 is 0. The third kappa shape index (κ3) is 10.6. The van der Waals surface area contributed by atoms with Gasteiger partial charge in [-0.15, -0.1) is 0 Å². The smallest absolute Gasteiger partial charge is 0.846 e. The molecule has 7 nitrogen and oxygen atoms in total. The van der Waals surface area contributed by atoms with Gasteiger partial charge in [-0.3, -0.25) is 14.4 Å². The Kier molecular flexibility index (Phi) is 17.6. The van der Waals surface area contributed by atoms with E-state index in [1.165, 1.54) is 32.1 Å². The fourth-order valence-corrected chi connectivity index (χ4v) is 3.53. The first-order valence-electron chi connectivity index (χ1n) is 10.6. The van der Waals surface area contributed by atoms with Crippen LogP contribution in [0, 0.1) is 11.3 Å². The predicted molar refractivity (Wildman–Crippen MR) is 108 cm³/mol. The molecule has 0 bridgehead atoms. The number of nitrogens with zero attached hydrogens (tertiary/aromatic N) is 1. The summed E-state index contributed by atoms with van der Waals surface area (Å²) in [5, 5.41) is 21.4. The van der Waals surface area contributed by atoms with Crippen molar-refractivity contribution in [3.05, 3.63) is 0 Å². The van der Waals surface area contributed by atoms with Crippen LogP contribution in [0.2, 0.25) is 0 Å². The van der Waals surface area contributed by atoms with E-state index in [2.05, 4.69) is 17.2 Å². The van der Waals surface area contributed by atoms with Gasteiger partial charge in [-0.2, -0.15) is 0 Å². The van der Waals surface area contributed by atoms with Gasteiger partial charge in [0.25, 0.3) is 5.91 Å². The van der Waals surface area contributed by atoms with Gasteiger partial charge in [0.2, 0.25) is 5.91 Å². The minimum atomic E-state index is -1.15. The Hall–Kier alpha value is -0.920. The molecule has 0 saturated carbocycles. The Bertz CT molecular complexity index is 539. The van der Waals surface area contributed by atoms with Crippen molar-refractivity contribution in [1.82, 2.24) is 5.32 Å². The molecule has 8 heteroatoms. The number of carboxylic acid groups (broad SMARTS) is 1. The van der Waals surface area contributed by atoms with Crippen molar-refractivity contribution >= 4 is 23.8 Å². The van der Waals surface area contributed by atoms with Crippen LogP contribution in [0.3, 0.4) is 0 Å². The summed E-state index contributed by atoms with van der Waals surface area (Å²) in [6, 6.07) is -0.845. The summed E-state index contributed by atoms with van der Waals surface area (Å²) in [4.78, 5) is 37.2. The van der Waals surface area contributed by atoms with Gasteiger partial charge in [-0.1, -0.05) is 72.6 Å². The van der Waals surface area contributed by atoms with E-state index in [1.54, 1.807) is 6.92 Å². The number of nitrogens with one attached hydrogen (secondary N) is 1. The largest absolute Gasteiger partial charge is 1.00 e. The molecule has 29 heavy (non-hydrogen) atoms. The molecule has 1 heterocycles. The number of amidine groups is 1. The molecule has 0 aromatic carbocycles. The average Bonchev–Trinajstić information content (AvgIpc) is 2.61. The minimum absolute atomic E-state index is 0. The van der Waals surface area contributed by atoms with E-state index in [0.29, 0.717) is 12.8 Å². The van der Waals surface area contributed by atoms with E-state index in [0.717, 1.165) is 25.7 Å². The number of unbranched alkanes of at least 4 members (excludes halogenated alkanes) is 6. The van der Waals surface area contributed by atoms with E-state index in [1.807, 2.05) is 13.8 Å². The summed E-state index contributed by atoms with van der Waals surface area (Å²) in [7, 11) is 0. The van der Waals surface area contributed by atoms with Gasteiger partial charge in [-0.25, -0.2) is 4.99 Å². The number of amides is 2. The fourth-order valence-electron chi connectivity index (χ4n) is 3.53. The number of aliphatic carboxylic acids is 1. The zero-order valence-corrected chi connectivity index (χ0v) is 20.9. The normalized spacial score (nSPS) is 19.2. The van der Waals surface area contributed by atoms with Gasteiger partial charge in [0, 0.05) is 6.42 Å². The van der Waals surface area contributed by atoms with Crippen molar-refractivity contribution < 1.29 is 54.2 Å². The minimum Gasteiger partial charge on any atom is -0.846 e. The summed E-state index contributed by atoms with van der Waals surface area (Å²) in [6.45, 7) is 7.82. The van der Waals surface area contributed by atoms with Crippen LogP contribution in [0.15, 0.2) is 4.99 Å². The summed E-state index contributed by atoms with van der Waals surface area (Å²) < 4.78 is 0. The fraction of sp³-hybridized carbons (Fsp3) is 0.810. The SMILES string of the molecule is CCCC(C)C1(CC)C(=O)N=C([O-])NC1=O.CCCCCCCCCC(=O)O.[Na+]. The molecule has 0 radical (unpaired) electrons. The van der Waals surface area contributed by atoms with Crippen LogP contribution in [0.4, 0.5) is 0 Å². The van der Waals surface area contributed by atoms with Crippen molar-refractivity contribution in [3.63, 3.8) is 0 Å². The van der Waals surface area contributed by atoms with Gasteiger partial charge in [0.05, 0.1) is 6.02 Å². The Morgan fingerprint density at radius 1 is 1.07 bits per heavy atom. The first-order chi connectivity index (χ1) is 13.3. The quantitative estimate of drug-likeness (QED) is 0.269. The Morgan fingerprint density at radius 3 is 2.07 bits per heavy atom. The second kappa shape index (κ2) is 16.8. The van der Waals surface area contributed by atoms with Crippen molar-refractivity contribution in [3.8, 4) is 0 Å². The van der Waals surface area contributed by atoms with Gasteiger partial charge < -0.3 is 15.5 Å². The Morgan fingerprint density at radius 2 is 1.62 bits per heavy atom. The molecule has 2 N–H and O–H groups in total. The second-order valence-electron chi connectivity index (χ2n) is 7.46. The average molecular weight is 421 g/mol. The zero-order valence-electron chi connectivity index (χ0n) is 18.9. The Balaban J connectivity index is 0. The molecule has 1 aliphatic rings. The number of rotatable bonds is 12. The monoisotopic (exact) mass is 420 g/mol. The molecule has 0 spiro atoms. The van der Waals surface area contributed by atoms with Gasteiger partial charge in [-0.05, 0) is 25.2 Å². The first kappa shape index (κ1) is 30.3. The maximum Gasteiger partial charge on any atom is 1.00 e. The van der Waals surface area contributed by atoms with Gasteiger partial charge >= 0.3 is 35.5 Å². The van der Waals surface area contributed by atoms with Crippen molar-refractivity contribution in [2.45, 2.75) is 98.3 Å². The number of carbonyl (C=O) groups excluding carboxylic acids is 2. The van der Waals surface area contributed by atoms with Crippen LogP contribution in [-0.4, -0.2) is 28.9 Å². The number of hydrogen-bond acceptors (Lipinski definition) is 4. The molecule has 2 amide bonds. The topological polar surface area (TPSA) is 119 Å². The van der Waals surface area contributed by atoms with E-state index >= 15 is 0 Å². The summed E-state index contributed by atoms with van der Waals surface area (Å²) in [5.74, 6) is -1.86. The van der Waals surface area contributed by atoms with Crippen molar-refractivity contribution in [1.29, 1.82) is 0 Å². The van der Waals surface area contributed by atoms with Gasteiger partial charge in [0.15, 0.2) is 0 Å². The van der Waals surface area contributed by atoms with Crippen molar-refractivity contribution in [2.24, 2.45) is 16.3 Å². The van der Waals surface area contributed by atoms with Crippen LogP contribution in [-0.2, 0) is 14.4 Å². The van der Waals surface area contributed by atoms with Crippen molar-refractivity contribution in [2.75, 3.05) is 0 Å². The summed E-state index contributed by atoms with van der Waals surface area (Å²) in [6.07, 6.45) is 10.7. The van der Waals surface area contributed by atoms with Crippen LogP contribution >= 0.6 is 0 Å². The summed E-state index contributed by atoms with van der Waals surface area (Å²) in [5.41, 5.74) is -1.15. The Labute approximate surface area is 197 Å². The predicted octanol–water partition coefficient (Wildman–Crippen LogP) is 0.407. The number of hydrogen-bond donors (Lipinski definition) is 2. The maximum atomic E-state index is 11.9. The van der Waals surface area contributed by atoms with Gasteiger partial charge in [0.1, 0.15) is 5.41 Å². The molecule has 0 aromatic heterocycles. The second-order valence-corrected chi connectivity index (χ2v) is 7.46. The molecular weight excluding hydrogens is 383 g/mol. The van der Waals surface area contributed by atoms with Crippen LogP contribution in [0.25, 0.3) is 0 Å². The maximum absolute atomic E-state index is 11.9. The van der Waals surface area contributed by atoms with E-state index < -0.39 is 29.2 Å². The molecule has 1 aliphatic heterocycles. The molecule has 0 saturated heterocycles.